The molecule has 0 spiro atoms. The number of hydrogen-bond donors (Lipinski definition) is 2. The highest BCUT2D eigenvalue weighted by Gasteiger charge is 2.55. The molecule has 14 nitrogen and oxygen atoms in total. The first kappa shape index (κ1) is 42.2. The van der Waals surface area contributed by atoms with Crippen molar-refractivity contribution in [1.29, 1.82) is 0 Å². The molecular formula is C41H42BrN7O7S2. The van der Waals surface area contributed by atoms with Crippen LogP contribution in [0.5, 0.6) is 0 Å². The van der Waals surface area contributed by atoms with Crippen molar-refractivity contribution >= 4 is 58.0 Å². The van der Waals surface area contributed by atoms with Gasteiger partial charge in [-0.1, -0.05) is 72.0 Å². The molecule has 4 amide bonds. The van der Waals surface area contributed by atoms with Crippen molar-refractivity contribution in [3.05, 3.63) is 130 Å². The van der Waals surface area contributed by atoms with Crippen LogP contribution in [0.1, 0.15) is 55.0 Å². The second-order valence-electron chi connectivity index (χ2n) is 14.7. The minimum Gasteiger partial charge on any atom is -1.00 e. The smallest absolute Gasteiger partial charge is 0.408 e. The summed E-state index contributed by atoms with van der Waals surface area (Å²) in [5.41, 5.74) is 2.64. The minimum absolute atomic E-state index is 0. The first-order chi connectivity index (χ1) is 27.3. The number of carbonyl (C=O) groups is 5. The molecule has 2 N–H and O–H groups in total. The van der Waals surface area contributed by atoms with E-state index in [4.69, 9.17) is 9.47 Å². The number of thioether (sulfide) groups is 1. The van der Waals surface area contributed by atoms with E-state index in [1.54, 1.807) is 48.7 Å². The van der Waals surface area contributed by atoms with E-state index >= 15 is 0 Å². The van der Waals surface area contributed by atoms with Crippen LogP contribution in [0.2, 0.25) is 0 Å². The molecule has 0 unspecified atom stereocenters. The molecule has 17 heteroatoms. The highest BCUT2D eigenvalue weighted by atomic mass is 79.9. The SMILES string of the molecule is Cc1nnc(NC(=O)C[n+]2ccc(CN3CC/C(=C\C4=C(C(=O)OC(c5ccccc5)c5ccccc5)N5C(=O)[C@@H](NC(=O)OC(C)(C)C)[C@H]5SC4)C3=O)cc2)s1.[Br-]. The number of anilines is 1. The fourth-order valence-electron chi connectivity index (χ4n) is 6.68. The molecule has 58 heavy (non-hydrogen) atoms. The molecular weight excluding hydrogens is 847 g/mol. The third kappa shape index (κ3) is 9.82. The van der Waals surface area contributed by atoms with Gasteiger partial charge in [-0.05, 0) is 62.5 Å². The van der Waals surface area contributed by atoms with Crippen molar-refractivity contribution in [3.8, 4) is 0 Å². The maximum absolute atomic E-state index is 14.4. The standard InChI is InChI=1S/C41H41N7O7S2.BrH/c1-25-44-45-39(57-25)42-31(49)23-46-18-15-26(16-19-46)22-47-20-17-29(35(47)50)21-30-24-56-37-32(43-40(53)55-41(2,3)4)36(51)48(37)33(30)38(52)54-34(27-11-7-5-8-12-27)28-13-9-6-10-14-28;/h5-16,18-19,21,32,34,37H,17,20,22-24H2,1-4H3,(H-,42,43,45,49,53);1H/b29-21+;/t32-,37-;/m1./s1. The monoisotopic (exact) mass is 887 g/mol. The number of esters is 1. The predicted molar refractivity (Wildman–Crippen MR) is 212 cm³/mol. The van der Waals surface area contributed by atoms with Crippen LogP contribution in [0.3, 0.4) is 0 Å². The summed E-state index contributed by atoms with van der Waals surface area (Å²) in [6, 6.07) is 21.5. The fourth-order valence-corrected chi connectivity index (χ4v) is 8.59. The number of allylic oxidation sites excluding steroid dienone is 1. The van der Waals surface area contributed by atoms with Crippen LogP contribution in [-0.4, -0.2) is 79.1 Å². The van der Waals surface area contributed by atoms with Crippen molar-refractivity contribution in [2.45, 2.75) is 70.3 Å². The average molecular weight is 889 g/mol. The second-order valence-corrected chi connectivity index (χ2v) is 17.0. The summed E-state index contributed by atoms with van der Waals surface area (Å²) < 4.78 is 13.4. The van der Waals surface area contributed by atoms with Gasteiger partial charge in [0, 0.05) is 36.5 Å². The fraction of sp³-hybridized carbons (Fsp3) is 0.317. The van der Waals surface area contributed by atoms with E-state index in [2.05, 4.69) is 20.8 Å². The molecule has 0 aliphatic carbocycles. The first-order valence-electron chi connectivity index (χ1n) is 18.4. The zero-order valence-corrected chi connectivity index (χ0v) is 35.4. The van der Waals surface area contributed by atoms with Gasteiger partial charge < -0.3 is 36.7 Å². The number of alkyl carbamates (subject to hydrolysis) is 1. The Morgan fingerprint density at radius 2 is 1.64 bits per heavy atom. The average Bonchev–Trinajstić information content (AvgIpc) is 3.75. The lowest BCUT2D eigenvalue weighted by Crippen LogP contribution is -3.00. The number of β-lactam (4-membered cyclic amide) rings is 1. The lowest BCUT2D eigenvalue weighted by atomic mass is 10.00. The second kappa shape index (κ2) is 18.0. The van der Waals surface area contributed by atoms with Gasteiger partial charge >= 0.3 is 12.1 Å². The van der Waals surface area contributed by atoms with Gasteiger partial charge in [-0.3, -0.25) is 24.6 Å². The summed E-state index contributed by atoms with van der Waals surface area (Å²) in [5.74, 6) is -1.33. The third-order valence-electron chi connectivity index (χ3n) is 9.29. The summed E-state index contributed by atoms with van der Waals surface area (Å²) in [7, 11) is 0. The zero-order chi connectivity index (χ0) is 40.3. The number of aryl methyl sites for hydroxylation is 1. The number of halogens is 1. The number of carbonyl (C=O) groups excluding carboxylic acids is 5. The topological polar surface area (TPSA) is 164 Å². The van der Waals surface area contributed by atoms with Crippen LogP contribution in [0.25, 0.3) is 0 Å². The Labute approximate surface area is 354 Å². The van der Waals surface area contributed by atoms with Crippen LogP contribution >= 0.6 is 23.1 Å². The zero-order valence-electron chi connectivity index (χ0n) is 32.2. The van der Waals surface area contributed by atoms with E-state index in [0.717, 1.165) is 21.7 Å². The summed E-state index contributed by atoms with van der Waals surface area (Å²) >= 11 is 2.68. The number of rotatable bonds is 11. The van der Waals surface area contributed by atoms with E-state index in [1.165, 1.54) is 28.0 Å². The van der Waals surface area contributed by atoms with E-state index in [9.17, 15) is 24.0 Å². The molecule has 0 saturated carbocycles. The normalized spacial score (nSPS) is 18.4. The van der Waals surface area contributed by atoms with Gasteiger partial charge in [0.05, 0.1) is 0 Å². The van der Waals surface area contributed by atoms with Gasteiger partial charge in [0.1, 0.15) is 27.7 Å². The molecule has 2 aromatic carbocycles. The Balaban J connectivity index is 0.00000567. The number of likely N-dealkylation sites (tertiary alicyclic amines) is 1. The van der Waals surface area contributed by atoms with Crippen LogP contribution in [0.4, 0.5) is 9.93 Å². The third-order valence-corrected chi connectivity index (χ3v) is 11.3. The summed E-state index contributed by atoms with van der Waals surface area (Å²) in [6.07, 6.45) is 4.20. The number of aromatic nitrogens is 3. The summed E-state index contributed by atoms with van der Waals surface area (Å²) in [4.78, 5) is 70.3. The molecule has 7 rings (SSSR count). The van der Waals surface area contributed by atoms with Gasteiger partial charge in [-0.25, -0.2) is 9.59 Å². The number of nitrogens with zero attached hydrogens (tertiary/aromatic N) is 5. The van der Waals surface area contributed by atoms with Gasteiger partial charge in [0.15, 0.2) is 18.5 Å². The number of amides is 4. The van der Waals surface area contributed by atoms with Gasteiger partial charge in [0.25, 0.3) is 11.8 Å². The molecule has 2 aromatic heterocycles. The predicted octanol–water partition coefficient (Wildman–Crippen LogP) is 1.83. The molecule has 2 fully saturated rings. The molecule has 2 saturated heterocycles. The number of nitrogens with one attached hydrogen (secondary N) is 2. The van der Waals surface area contributed by atoms with E-state index in [0.29, 0.717) is 35.8 Å². The maximum Gasteiger partial charge on any atom is 0.408 e. The molecule has 0 radical (unpaired) electrons. The number of ether oxygens (including phenoxy) is 2. The van der Waals surface area contributed by atoms with Crippen molar-refractivity contribution in [1.82, 2.24) is 25.3 Å². The van der Waals surface area contributed by atoms with Crippen molar-refractivity contribution < 1.29 is 55.0 Å². The Kier molecular flexibility index (Phi) is 13.1. The molecule has 3 aliphatic rings. The largest absolute Gasteiger partial charge is 1.00 e. The first-order valence-corrected chi connectivity index (χ1v) is 20.3. The number of pyridine rings is 1. The molecule has 302 valence electrons. The minimum atomic E-state index is -0.914. The summed E-state index contributed by atoms with van der Waals surface area (Å²) in [6.45, 7) is 7.90. The molecule has 0 bridgehead atoms. The molecule has 2 atom stereocenters. The number of benzene rings is 2. The molecule has 5 heterocycles. The van der Waals surface area contributed by atoms with E-state index in [1.807, 2.05) is 79.7 Å². The van der Waals surface area contributed by atoms with Crippen molar-refractivity contribution in [2.75, 3.05) is 17.6 Å². The van der Waals surface area contributed by atoms with Crippen LogP contribution in [-0.2, 0) is 41.7 Å². The number of fused-ring (bicyclic) bond motifs is 1. The van der Waals surface area contributed by atoms with Gasteiger partial charge in [-0.2, -0.15) is 4.57 Å². The van der Waals surface area contributed by atoms with E-state index < -0.39 is 41.1 Å². The Morgan fingerprint density at radius 1 is 0.983 bits per heavy atom. The lowest BCUT2D eigenvalue weighted by molar-refractivity contribution is -0.684. The molecule has 3 aliphatic heterocycles. The Hall–Kier alpha value is -5.39. The van der Waals surface area contributed by atoms with Crippen LogP contribution in [0.15, 0.2) is 108 Å². The highest BCUT2D eigenvalue weighted by Crippen LogP contribution is 2.43. The van der Waals surface area contributed by atoms with Crippen molar-refractivity contribution in [3.63, 3.8) is 0 Å². The van der Waals surface area contributed by atoms with Crippen LogP contribution < -0.4 is 32.2 Å². The highest BCUT2D eigenvalue weighted by molar-refractivity contribution is 8.00. The van der Waals surface area contributed by atoms with Crippen molar-refractivity contribution in [2.24, 2.45) is 0 Å². The maximum atomic E-state index is 14.4. The van der Waals surface area contributed by atoms with Crippen LogP contribution in [0, 0.1) is 6.92 Å². The summed E-state index contributed by atoms with van der Waals surface area (Å²) in [5, 5.41) is 13.9. The van der Waals surface area contributed by atoms with E-state index in [-0.39, 0.29) is 46.8 Å². The molecule has 4 aromatic rings. The Bertz CT molecular complexity index is 2210. The van der Waals surface area contributed by atoms with Gasteiger partial charge in [-0.15, -0.1) is 22.0 Å². The quantitative estimate of drug-likeness (QED) is 0.0984. The Morgan fingerprint density at radius 3 is 2.24 bits per heavy atom. The number of hydrogen-bond acceptors (Lipinski definition) is 11. The lowest BCUT2D eigenvalue weighted by Gasteiger charge is -2.49. The van der Waals surface area contributed by atoms with Gasteiger partial charge in [0.2, 0.25) is 17.6 Å².